The molecule has 0 radical (unpaired) electrons. The van der Waals surface area contributed by atoms with Crippen molar-refractivity contribution >= 4 is 44.8 Å². The van der Waals surface area contributed by atoms with Gasteiger partial charge in [-0.05, 0) is 61.7 Å². The van der Waals surface area contributed by atoms with Gasteiger partial charge >= 0.3 is 5.97 Å². The van der Waals surface area contributed by atoms with Gasteiger partial charge in [0.15, 0.2) is 0 Å². The predicted molar refractivity (Wildman–Crippen MR) is 196 cm³/mol. The maximum Gasteiger partial charge on any atom is 0.348 e. The van der Waals surface area contributed by atoms with Gasteiger partial charge in [-0.3, -0.25) is 14.6 Å². The Hall–Kier alpha value is -4.43. The second-order valence-electron chi connectivity index (χ2n) is 13.6. The Kier molecular flexibility index (Phi) is 10.1. The Balaban J connectivity index is 1.12. The number of carbonyl (C=O) groups excluding carboxylic acids is 2. The molecule has 2 aliphatic heterocycles. The van der Waals surface area contributed by atoms with Crippen molar-refractivity contribution in [1.29, 1.82) is 0 Å². The van der Waals surface area contributed by atoms with Gasteiger partial charge in [0, 0.05) is 54.9 Å². The summed E-state index contributed by atoms with van der Waals surface area (Å²) in [4.78, 5) is 50.4. The van der Waals surface area contributed by atoms with Crippen LogP contribution in [0, 0.1) is 5.92 Å². The number of nitrogens with zero attached hydrogens (tertiary/aromatic N) is 5. The summed E-state index contributed by atoms with van der Waals surface area (Å²) in [6.07, 6.45) is 5.98. The highest BCUT2D eigenvalue weighted by molar-refractivity contribution is 7.89. The molecule has 2 amide bonds. The van der Waals surface area contributed by atoms with E-state index in [-0.39, 0.29) is 28.1 Å². The van der Waals surface area contributed by atoms with E-state index in [2.05, 4.69) is 9.88 Å². The molecule has 1 unspecified atom stereocenters. The third-order valence-corrected chi connectivity index (χ3v) is 13.3. The topological polar surface area (TPSA) is 131 Å². The lowest BCUT2D eigenvalue weighted by atomic mass is 9.82. The first-order chi connectivity index (χ1) is 24.6. The molecule has 4 aromatic rings. The summed E-state index contributed by atoms with van der Waals surface area (Å²) in [6, 6.07) is 21.0. The first-order valence-electron chi connectivity index (χ1n) is 17.4. The van der Waals surface area contributed by atoms with Crippen LogP contribution in [0.1, 0.15) is 52.1 Å². The van der Waals surface area contributed by atoms with E-state index in [1.165, 1.54) is 16.6 Å². The second-order valence-corrected chi connectivity index (χ2v) is 16.6. The van der Waals surface area contributed by atoms with Gasteiger partial charge in [-0.2, -0.15) is 4.31 Å². The highest BCUT2D eigenvalue weighted by Crippen LogP contribution is 2.42. The highest BCUT2D eigenvalue weighted by atomic mass is 32.2. The van der Waals surface area contributed by atoms with Gasteiger partial charge in [-0.25, -0.2) is 13.2 Å². The van der Waals surface area contributed by atoms with Crippen LogP contribution in [0.5, 0.6) is 0 Å². The number of aromatic nitrogens is 1. The lowest BCUT2D eigenvalue weighted by Gasteiger charge is -2.44. The summed E-state index contributed by atoms with van der Waals surface area (Å²) >= 11 is 1.12. The monoisotopic (exact) mass is 727 g/mol. The number of hydrogen-bond donors (Lipinski definition) is 1. The average Bonchev–Trinajstić information content (AvgIpc) is 3.61. The number of hydrogen-bond acceptors (Lipinski definition) is 8. The van der Waals surface area contributed by atoms with Crippen molar-refractivity contribution in [3.63, 3.8) is 0 Å². The van der Waals surface area contributed by atoms with Crippen molar-refractivity contribution in [3.05, 3.63) is 89.4 Å². The molecule has 2 aromatic carbocycles. The third-order valence-electron chi connectivity index (χ3n) is 10.3. The fraction of sp³-hybridized carbons (Fsp3) is 0.368. The smallest absolute Gasteiger partial charge is 0.348 e. The number of carboxylic acid groups (broad SMARTS) is 1. The highest BCUT2D eigenvalue weighted by Gasteiger charge is 2.44. The molecule has 1 atom stereocenters. The number of rotatable bonds is 8. The minimum absolute atomic E-state index is 0.0138. The van der Waals surface area contributed by atoms with Crippen LogP contribution in [0.15, 0.2) is 83.9 Å². The number of carboxylic acids is 1. The number of benzene rings is 2. The summed E-state index contributed by atoms with van der Waals surface area (Å²) in [5.74, 6) is -1.56. The van der Waals surface area contributed by atoms with Crippen molar-refractivity contribution in [1.82, 2.24) is 19.1 Å². The number of anilines is 1. The number of thiophene rings is 1. The van der Waals surface area contributed by atoms with E-state index in [1.807, 2.05) is 54.4 Å². The van der Waals surface area contributed by atoms with Crippen molar-refractivity contribution in [3.8, 4) is 21.7 Å². The minimum Gasteiger partial charge on any atom is -0.477 e. The van der Waals surface area contributed by atoms with Crippen LogP contribution in [0.4, 0.5) is 5.69 Å². The second kappa shape index (κ2) is 14.7. The van der Waals surface area contributed by atoms with Crippen LogP contribution in [0.2, 0.25) is 0 Å². The zero-order valence-electron chi connectivity index (χ0n) is 28.5. The number of aromatic carboxylic acids is 1. The van der Waals surface area contributed by atoms with Crippen molar-refractivity contribution in [2.24, 2.45) is 5.92 Å². The van der Waals surface area contributed by atoms with Crippen LogP contribution < -0.4 is 4.90 Å². The maximum atomic E-state index is 14.1. The molecular formula is C38H41N5O6S2. The Labute approximate surface area is 302 Å². The molecule has 266 valence electrons. The Morgan fingerprint density at radius 3 is 2.24 bits per heavy atom. The van der Waals surface area contributed by atoms with E-state index < -0.39 is 34.5 Å². The molecule has 1 N–H and O–H groups in total. The quantitative estimate of drug-likeness (QED) is 0.250. The van der Waals surface area contributed by atoms with E-state index in [1.54, 1.807) is 29.2 Å². The number of carbonyl (C=O) groups is 3. The zero-order chi connectivity index (χ0) is 35.7. The zero-order valence-corrected chi connectivity index (χ0v) is 30.1. The van der Waals surface area contributed by atoms with Crippen LogP contribution in [0.25, 0.3) is 21.7 Å². The van der Waals surface area contributed by atoms with E-state index in [9.17, 15) is 27.9 Å². The Morgan fingerprint density at radius 2 is 1.59 bits per heavy atom. The molecule has 1 saturated carbocycles. The van der Waals surface area contributed by atoms with Crippen molar-refractivity contribution < 1.29 is 27.9 Å². The number of sulfonamides is 1. The van der Waals surface area contributed by atoms with E-state index in [0.29, 0.717) is 30.0 Å². The van der Waals surface area contributed by atoms with E-state index >= 15 is 0 Å². The summed E-state index contributed by atoms with van der Waals surface area (Å²) in [5, 5.41) is 10.2. The number of pyridine rings is 1. The molecule has 4 heterocycles. The SMILES string of the molecule is CN1CCN(C(=O)c2ccc(-c3ccc(S(=O)(=O)N4CC(=O)N(c5cc(-c6ccccc6)sc5C(=O)O)C(C5CCCCC5)C4)cn3)cc2)CC1. The first-order valence-corrected chi connectivity index (χ1v) is 19.6. The molecule has 51 heavy (non-hydrogen) atoms. The molecule has 3 fully saturated rings. The standard InChI is InChI=1S/C38H41N5O6S2/c1-40-18-20-41(21-19-40)37(45)29-14-12-26(13-15-29)31-17-16-30(23-39-31)51(48,49)42-24-33(27-8-4-2-5-9-27)43(35(44)25-42)32-22-34(50-36(32)38(46)47)28-10-6-3-7-11-28/h3,6-7,10-17,22-23,27,33H,2,4-5,8-9,18-21,24-25H2,1H3,(H,46,47). The summed E-state index contributed by atoms with van der Waals surface area (Å²) in [7, 11) is -2.07. The van der Waals surface area contributed by atoms with Gasteiger partial charge < -0.3 is 19.8 Å². The summed E-state index contributed by atoms with van der Waals surface area (Å²) in [6.45, 7) is 2.69. The van der Waals surface area contributed by atoms with Gasteiger partial charge in [0.25, 0.3) is 5.91 Å². The number of piperazine rings is 2. The molecule has 13 heteroatoms. The van der Waals surface area contributed by atoms with E-state index in [4.69, 9.17) is 0 Å². The molecule has 1 aliphatic carbocycles. The van der Waals surface area contributed by atoms with Crippen molar-refractivity contribution in [2.75, 3.05) is 51.2 Å². The first kappa shape index (κ1) is 35.0. The molecule has 0 spiro atoms. The fourth-order valence-corrected chi connectivity index (χ4v) is 9.78. The summed E-state index contributed by atoms with van der Waals surface area (Å²) in [5.41, 5.74) is 3.07. The Bertz CT molecular complexity index is 2000. The lowest BCUT2D eigenvalue weighted by Crippen LogP contribution is -2.60. The Morgan fingerprint density at radius 1 is 0.882 bits per heavy atom. The summed E-state index contributed by atoms with van der Waals surface area (Å²) < 4.78 is 29.4. The average molecular weight is 728 g/mol. The van der Waals surface area contributed by atoms with Crippen molar-refractivity contribution in [2.45, 2.75) is 43.0 Å². The third kappa shape index (κ3) is 7.21. The van der Waals surface area contributed by atoms with Crippen LogP contribution >= 0.6 is 11.3 Å². The number of amides is 2. The van der Waals surface area contributed by atoms with Gasteiger partial charge in [0.2, 0.25) is 15.9 Å². The number of likely N-dealkylation sites (N-methyl/N-ethyl adjacent to an activating group) is 1. The molecule has 3 aliphatic rings. The normalized spacial score (nSPS) is 19.7. The van der Waals surface area contributed by atoms with Crippen LogP contribution in [0.3, 0.4) is 0 Å². The van der Waals surface area contributed by atoms with Gasteiger partial charge in [-0.15, -0.1) is 11.3 Å². The van der Waals surface area contributed by atoms with Gasteiger partial charge in [0.05, 0.1) is 24.0 Å². The minimum atomic E-state index is -4.11. The van der Waals surface area contributed by atoms with Gasteiger partial charge in [-0.1, -0.05) is 61.7 Å². The van der Waals surface area contributed by atoms with Crippen LogP contribution in [-0.2, 0) is 14.8 Å². The predicted octanol–water partition coefficient (Wildman–Crippen LogP) is 5.55. The molecule has 11 nitrogen and oxygen atoms in total. The molecule has 2 aromatic heterocycles. The molecular weight excluding hydrogens is 687 g/mol. The lowest BCUT2D eigenvalue weighted by molar-refractivity contribution is -0.121. The van der Waals surface area contributed by atoms with E-state index in [0.717, 1.165) is 72.5 Å². The maximum absolute atomic E-state index is 14.1. The van der Waals surface area contributed by atoms with Gasteiger partial charge in [0.1, 0.15) is 9.77 Å². The molecule has 2 saturated heterocycles. The molecule has 7 rings (SSSR count). The largest absolute Gasteiger partial charge is 0.477 e. The van der Waals surface area contributed by atoms with Crippen LogP contribution in [-0.4, -0.2) is 103 Å². The molecule has 0 bridgehead atoms. The fourth-order valence-electron chi connectivity index (χ4n) is 7.43.